The second kappa shape index (κ2) is 9.22. The van der Waals surface area contributed by atoms with Gasteiger partial charge in [-0.1, -0.05) is 54.6 Å². The van der Waals surface area contributed by atoms with E-state index in [-0.39, 0.29) is 22.8 Å². The topological polar surface area (TPSA) is 26.3 Å². The molecule has 2 aliphatic carbocycles. The molecule has 0 N–H and O–H groups in total. The number of ether oxygens (including phenoxy) is 1. The molecule has 0 radical (unpaired) electrons. The van der Waals surface area contributed by atoms with E-state index in [9.17, 15) is 4.79 Å². The largest absolute Gasteiger partial charge is 0.451 e. The minimum absolute atomic E-state index is 0.223. The van der Waals surface area contributed by atoms with E-state index in [2.05, 4.69) is 85.0 Å². The van der Waals surface area contributed by atoms with E-state index in [1.54, 1.807) is 0 Å². The summed E-state index contributed by atoms with van der Waals surface area (Å²) in [5, 5.41) is 0. The Morgan fingerprint density at radius 1 is 0.781 bits per heavy atom. The SMILES string of the molecule is O=C(OC1(C2C=CCC2)C=CCC1)c1ccc([S+](c2ccccc2)c2ccccc2)cc1. The van der Waals surface area contributed by atoms with E-state index in [4.69, 9.17) is 4.74 Å². The van der Waals surface area contributed by atoms with Crippen molar-refractivity contribution in [3.05, 3.63) is 115 Å². The van der Waals surface area contributed by atoms with Crippen LogP contribution in [-0.2, 0) is 15.6 Å². The van der Waals surface area contributed by atoms with Gasteiger partial charge in [0.2, 0.25) is 0 Å². The Bertz CT molecular complexity index is 1080. The van der Waals surface area contributed by atoms with Crippen LogP contribution in [0.2, 0.25) is 0 Å². The summed E-state index contributed by atoms with van der Waals surface area (Å²) in [5.41, 5.74) is 0.126. The van der Waals surface area contributed by atoms with Gasteiger partial charge in [-0.05, 0) is 80.3 Å². The Hall–Kier alpha value is -3.04. The van der Waals surface area contributed by atoms with Crippen LogP contribution in [0.5, 0.6) is 0 Å². The Labute approximate surface area is 193 Å². The number of hydrogen-bond donors (Lipinski definition) is 0. The molecular formula is C29H27O2S+. The van der Waals surface area contributed by atoms with Crippen molar-refractivity contribution in [1.82, 2.24) is 0 Å². The van der Waals surface area contributed by atoms with Crippen molar-refractivity contribution in [2.24, 2.45) is 5.92 Å². The van der Waals surface area contributed by atoms with Crippen molar-refractivity contribution in [2.45, 2.75) is 46.0 Å². The highest BCUT2D eigenvalue weighted by Crippen LogP contribution is 2.40. The van der Waals surface area contributed by atoms with E-state index in [0.717, 1.165) is 25.7 Å². The molecular weight excluding hydrogens is 412 g/mol. The second-order valence-corrected chi connectivity index (χ2v) is 10.4. The molecule has 0 aromatic heterocycles. The fourth-order valence-corrected chi connectivity index (χ4v) is 6.75. The van der Waals surface area contributed by atoms with Gasteiger partial charge in [0.05, 0.1) is 16.5 Å². The molecule has 3 aromatic carbocycles. The van der Waals surface area contributed by atoms with E-state index < -0.39 is 5.60 Å². The van der Waals surface area contributed by atoms with Crippen molar-refractivity contribution in [3.8, 4) is 0 Å². The van der Waals surface area contributed by atoms with Crippen LogP contribution < -0.4 is 0 Å². The van der Waals surface area contributed by atoms with Crippen LogP contribution in [0.3, 0.4) is 0 Å². The molecule has 0 bridgehead atoms. The van der Waals surface area contributed by atoms with Crippen molar-refractivity contribution in [3.63, 3.8) is 0 Å². The van der Waals surface area contributed by atoms with Crippen molar-refractivity contribution in [1.29, 1.82) is 0 Å². The zero-order valence-corrected chi connectivity index (χ0v) is 18.8. The molecule has 0 spiro atoms. The average molecular weight is 440 g/mol. The van der Waals surface area contributed by atoms with Gasteiger partial charge in [-0.3, -0.25) is 0 Å². The van der Waals surface area contributed by atoms with Crippen LogP contribution >= 0.6 is 0 Å². The number of carbonyl (C=O) groups is 1. The molecule has 0 fully saturated rings. The molecule has 5 rings (SSSR count). The fourth-order valence-electron chi connectivity index (χ4n) is 4.66. The first-order valence-electron chi connectivity index (χ1n) is 11.3. The van der Waals surface area contributed by atoms with Gasteiger partial charge in [0.1, 0.15) is 5.60 Å². The number of allylic oxidation sites excluding steroid dienone is 2. The number of esters is 1. The quantitative estimate of drug-likeness (QED) is 0.235. The molecule has 0 saturated carbocycles. The third-order valence-electron chi connectivity index (χ3n) is 6.31. The van der Waals surface area contributed by atoms with Gasteiger partial charge in [0, 0.05) is 5.92 Å². The predicted octanol–water partition coefficient (Wildman–Crippen LogP) is 6.99. The van der Waals surface area contributed by atoms with Crippen molar-refractivity contribution in [2.75, 3.05) is 0 Å². The van der Waals surface area contributed by atoms with E-state index in [1.807, 2.05) is 24.3 Å². The molecule has 2 atom stereocenters. The highest BCUT2D eigenvalue weighted by atomic mass is 32.2. The standard InChI is InChI=1S/C29H27O2S/c30-28(31-29(21-9-10-22-29)24-11-7-8-12-24)23-17-19-27(20-18-23)32(25-13-3-1-4-14-25)26-15-5-2-6-16-26/h1-7,9,11,13-21,24H,8,10,12,22H2/q+1. The first-order valence-corrected chi connectivity index (χ1v) is 12.5. The summed E-state index contributed by atoms with van der Waals surface area (Å²) in [6, 6.07) is 29.1. The minimum Gasteiger partial charge on any atom is -0.451 e. The molecule has 0 amide bonds. The summed E-state index contributed by atoms with van der Waals surface area (Å²) >= 11 is 0. The Morgan fingerprint density at radius 2 is 1.41 bits per heavy atom. The third-order valence-corrected chi connectivity index (χ3v) is 8.54. The van der Waals surface area contributed by atoms with Gasteiger partial charge in [-0.2, -0.15) is 0 Å². The van der Waals surface area contributed by atoms with Gasteiger partial charge in [-0.25, -0.2) is 4.79 Å². The molecule has 3 heteroatoms. The normalized spacial score (nSPS) is 21.8. The number of carbonyl (C=O) groups excluding carboxylic acids is 1. The molecule has 2 nitrogen and oxygen atoms in total. The average Bonchev–Trinajstić information content (AvgIpc) is 3.54. The summed E-state index contributed by atoms with van der Waals surface area (Å²) in [7, 11) is -0.223. The van der Waals surface area contributed by atoms with E-state index in [1.165, 1.54) is 14.7 Å². The lowest BCUT2D eigenvalue weighted by Gasteiger charge is -2.32. The third kappa shape index (κ3) is 4.18. The number of benzene rings is 3. The number of hydrogen-bond acceptors (Lipinski definition) is 2. The molecule has 0 heterocycles. The first kappa shape index (κ1) is 20.8. The first-order chi connectivity index (χ1) is 15.8. The lowest BCUT2D eigenvalue weighted by molar-refractivity contribution is -0.0140. The van der Waals surface area contributed by atoms with Crippen LogP contribution in [0.15, 0.2) is 124 Å². The molecule has 0 aliphatic heterocycles. The Kier molecular flexibility index (Phi) is 6.00. The van der Waals surface area contributed by atoms with Crippen LogP contribution in [-0.4, -0.2) is 11.6 Å². The molecule has 0 saturated heterocycles. The smallest absolute Gasteiger partial charge is 0.339 e. The number of rotatable bonds is 6. The monoisotopic (exact) mass is 439 g/mol. The molecule has 2 aliphatic rings. The Balaban J connectivity index is 1.41. The molecule has 3 aromatic rings. The van der Waals surface area contributed by atoms with E-state index >= 15 is 0 Å². The van der Waals surface area contributed by atoms with E-state index in [0.29, 0.717) is 5.56 Å². The zero-order chi connectivity index (χ0) is 21.8. The second-order valence-electron chi connectivity index (χ2n) is 8.35. The zero-order valence-electron chi connectivity index (χ0n) is 18.0. The lowest BCUT2D eigenvalue weighted by atomic mass is 9.86. The van der Waals surface area contributed by atoms with Gasteiger partial charge >= 0.3 is 5.97 Å². The lowest BCUT2D eigenvalue weighted by Crippen LogP contribution is -2.37. The maximum atomic E-state index is 13.1. The fraction of sp³-hybridized carbons (Fsp3) is 0.207. The van der Waals surface area contributed by atoms with Crippen molar-refractivity contribution >= 4 is 16.9 Å². The Morgan fingerprint density at radius 3 is 1.94 bits per heavy atom. The predicted molar refractivity (Wildman–Crippen MR) is 130 cm³/mol. The minimum atomic E-state index is -0.485. The van der Waals surface area contributed by atoms with Crippen LogP contribution in [0.4, 0.5) is 0 Å². The van der Waals surface area contributed by atoms with Crippen molar-refractivity contribution < 1.29 is 9.53 Å². The maximum Gasteiger partial charge on any atom is 0.339 e. The van der Waals surface area contributed by atoms with Crippen LogP contribution in [0.25, 0.3) is 0 Å². The summed E-state index contributed by atoms with van der Waals surface area (Å²) in [6.45, 7) is 0. The summed E-state index contributed by atoms with van der Waals surface area (Å²) in [6.07, 6.45) is 12.6. The highest BCUT2D eigenvalue weighted by molar-refractivity contribution is 7.97. The van der Waals surface area contributed by atoms with Gasteiger partial charge in [0.15, 0.2) is 14.7 Å². The maximum absolute atomic E-state index is 13.1. The summed E-state index contributed by atoms with van der Waals surface area (Å²) in [5.74, 6) is 0.0502. The summed E-state index contributed by atoms with van der Waals surface area (Å²) < 4.78 is 6.16. The van der Waals surface area contributed by atoms with Crippen LogP contribution in [0, 0.1) is 5.92 Å². The molecule has 2 unspecified atom stereocenters. The molecule has 32 heavy (non-hydrogen) atoms. The van der Waals surface area contributed by atoms with Gasteiger partial charge in [0.25, 0.3) is 0 Å². The van der Waals surface area contributed by atoms with Gasteiger partial charge in [-0.15, -0.1) is 0 Å². The van der Waals surface area contributed by atoms with Gasteiger partial charge < -0.3 is 4.74 Å². The van der Waals surface area contributed by atoms with Crippen LogP contribution in [0.1, 0.15) is 36.0 Å². The summed E-state index contributed by atoms with van der Waals surface area (Å²) in [4.78, 5) is 16.8. The molecule has 160 valence electrons. The highest BCUT2D eigenvalue weighted by Gasteiger charge is 2.41.